The monoisotopic (exact) mass is 366 g/mol. The van der Waals surface area contributed by atoms with Crippen LogP contribution in [0.3, 0.4) is 0 Å². The van der Waals surface area contributed by atoms with E-state index in [0.717, 1.165) is 26.8 Å². The molecular formula is C19H18N4O2S. The lowest BCUT2D eigenvalue weighted by Crippen LogP contribution is -2.24. The smallest absolute Gasteiger partial charge is 0.271 e. The second-order valence-corrected chi connectivity index (χ2v) is 6.89. The molecule has 3 aromatic rings. The fraction of sp³-hybridized carbons (Fsp3) is 0.158. The molecule has 0 atom stereocenters. The van der Waals surface area contributed by atoms with Crippen LogP contribution >= 0.6 is 11.3 Å². The number of hydrogen-bond donors (Lipinski definition) is 2. The Labute approximate surface area is 155 Å². The molecule has 0 saturated carbocycles. The Balaban J connectivity index is 1.72. The molecule has 0 aliphatic carbocycles. The minimum Gasteiger partial charge on any atom is -0.345 e. The van der Waals surface area contributed by atoms with Crippen LogP contribution < -0.4 is 10.6 Å². The first kappa shape index (κ1) is 17.8. The SMILES string of the molecule is CC(=O)Nc1ccc(-c2nc(C(=O)NCc3ccccn3)c(C)s2)cc1. The standard InChI is InChI=1S/C19H18N4O2S/c1-12-17(18(25)21-11-16-5-3-4-10-20-16)23-19(26-12)14-6-8-15(9-7-14)22-13(2)24/h3-10H,11H2,1-2H3,(H,21,25)(H,22,24). The lowest BCUT2D eigenvalue weighted by Gasteiger charge is -2.03. The van der Waals surface area contributed by atoms with Gasteiger partial charge in [-0.25, -0.2) is 4.98 Å². The molecule has 0 spiro atoms. The summed E-state index contributed by atoms with van der Waals surface area (Å²) in [6.45, 7) is 3.70. The third-order valence-corrected chi connectivity index (χ3v) is 4.64. The molecule has 0 radical (unpaired) electrons. The van der Waals surface area contributed by atoms with E-state index < -0.39 is 0 Å². The zero-order valence-corrected chi connectivity index (χ0v) is 15.3. The maximum Gasteiger partial charge on any atom is 0.271 e. The maximum absolute atomic E-state index is 12.4. The number of aryl methyl sites for hydroxylation is 1. The van der Waals surface area contributed by atoms with Gasteiger partial charge in [0.05, 0.1) is 12.2 Å². The Morgan fingerprint density at radius 1 is 1.12 bits per heavy atom. The van der Waals surface area contributed by atoms with E-state index in [1.807, 2.05) is 49.4 Å². The summed E-state index contributed by atoms with van der Waals surface area (Å²) in [6, 6.07) is 12.9. The van der Waals surface area contributed by atoms with Gasteiger partial charge in [-0.15, -0.1) is 11.3 Å². The topological polar surface area (TPSA) is 84.0 Å². The summed E-state index contributed by atoms with van der Waals surface area (Å²) in [7, 11) is 0. The van der Waals surface area contributed by atoms with Gasteiger partial charge >= 0.3 is 0 Å². The molecule has 0 bridgehead atoms. The number of pyridine rings is 1. The molecule has 2 amide bonds. The lowest BCUT2D eigenvalue weighted by molar-refractivity contribution is -0.114. The Bertz CT molecular complexity index is 920. The van der Waals surface area contributed by atoms with Gasteiger partial charge < -0.3 is 10.6 Å². The molecule has 2 aromatic heterocycles. The van der Waals surface area contributed by atoms with Crippen LogP contribution in [0, 0.1) is 6.92 Å². The number of carbonyl (C=O) groups excluding carboxylic acids is 2. The minimum atomic E-state index is -0.217. The number of anilines is 1. The van der Waals surface area contributed by atoms with Crippen LogP contribution in [0.2, 0.25) is 0 Å². The zero-order chi connectivity index (χ0) is 18.5. The predicted octanol–water partition coefficient (Wildman–Crippen LogP) is 3.40. The molecule has 2 heterocycles. The number of hydrogen-bond acceptors (Lipinski definition) is 5. The van der Waals surface area contributed by atoms with Gasteiger partial charge in [-0.1, -0.05) is 6.07 Å². The predicted molar refractivity (Wildman–Crippen MR) is 102 cm³/mol. The number of rotatable bonds is 5. The van der Waals surface area contributed by atoms with Crippen LogP contribution in [0.15, 0.2) is 48.7 Å². The fourth-order valence-corrected chi connectivity index (χ4v) is 3.30. The number of benzene rings is 1. The van der Waals surface area contributed by atoms with Crippen LogP contribution in [-0.4, -0.2) is 21.8 Å². The van der Waals surface area contributed by atoms with E-state index in [0.29, 0.717) is 12.2 Å². The average Bonchev–Trinajstić information content (AvgIpc) is 3.02. The molecule has 0 aliphatic heterocycles. The van der Waals surface area contributed by atoms with E-state index >= 15 is 0 Å². The van der Waals surface area contributed by atoms with E-state index in [1.54, 1.807) is 6.20 Å². The highest BCUT2D eigenvalue weighted by Gasteiger charge is 2.16. The highest BCUT2D eigenvalue weighted by molar-refractivity contribution is 7.15. The van der Waals surface area contributed by atoms with Crippen LogP contribution in [0.5, 0.6) is 0 Å². The number of nitrogens with zero attached hydrogens (tertiary/aromatic N) is 2. The van der Waals surface area contributed by atoms with Gasteiger partial charge in [-0.3, -0.25) is 14.6 Å². The van der Waals surface area contributed by atoms with Crippen molar-refractivity contribution in [3.63, 3.8) is 0 Å². The molecule has 0 unspecified atom stereocenters. The summed E-state index contributed by atoms with van der Waals surface area (Å²) in [5.74, 6) is -0.333. The Morgan fingerprint density at radius 2 is 1.88 bits per heavy atom. The first-order chi connectivity index (χ1) is 12.5. The van der Waals surface area contributed by atoms with E-state index in [-0.39, 0.29) is 11.8 Å². The number of thiazole rings is 1. The van der Waals surface area contributed by atoms with Gasteiger partial charge in [-0.2, -0.15) is 0 Å². The minimum absolute atomic E-state index is 0.116. The van der Waals surface area contributed by atoms with Crippen molar-refractivity contribution in [2.24, 2.45) is 0 Å². The van der Waals surface area contributed by atoms with Gasteiger partial charge in [0.2, 0.25) is 5.91 Å². The molecule has 2 N–H and O–H groups in total. The van der Waals surface area contributed by atoms with Crippen molar-refractivity contribution in [1.29, 1.82) is 0 Å². The summed E-state index contributed by atoms with van der Waals surface area (Å²) in [6.07, 6.45) is 1.69. The molecule has 26 heavy (non-hydrogen) atoms. The van der Waals surface area contributed by atoms with Gasteiger partial charge in [0.1, 0.15) is 10.7 Å². The second-order valence-electron chi connectivity index (χ2n) is 5.69. The third kappa shape index (κ3) is 4.31. The molecule has 6 nitrogen and oxygen atoms in total. The van der Waals surface area contributed by atoms with E-state index in [4.69, 9.17) is 0 Å². The van der Waals surface area contributed by atoms with E-state index in [1.165, 1.54) is 18.3 Å². The highest BCUT2D eigenvalue weighted by atomic mass is 32.1. The first-order valence-electron chi connectivity index (χ1n) is 8.06. The van der Waals surface area contributed by atoms with Gasteiger partial charge in [0.15, 0.2) is 0 Å². The van der Waals surface area contributed by atoms with Crippen molar-refractivity contribution < 1.29 is 9.59 Å². The van der Waals surface area contributed by atoms with Crippen molar-refractivity contribution >= 4 is 28.8 Å². The van der Waals surface area contributed by atoms with Crippen molar-refractivity contribution in [1.82, 2.24) is 15.3 Å². The van der Waals surface area contributed by atoms with Crippen molar-refractivity contribution in [2.75, 3.05) is 5.32 Å². The summed E-state index contributed by atoms with van der Waals surface area (Å²) >= 11 is 1.46. The molecule has 7 heteroatoms. The van der Waals surface area contributed by atoms with Crippen molar-refractivity contribution in [3.05, 3.63) is 64.9 Å². The number of amides is 2. The van der Waals surface area contributed by atoms with E-state index in [2.05, 4.69) is 20.6 Å². The van der Waals surface area contributed by atoms with Crippen LogP contribution in [0.1, 0.15) is 28.0 Å². The van der Waals surface area contributed by atoms with Crippen LogP contribution in [0.4, 0.5) is 5.69 Å². The first-order valence-corrected chi connectivity index (χ1v) is 8.88. The molecule has 0 saturated heterocycles. The Hall–Kier alpha value is -3.06. The molecule has 0 fully saturated rings. The van der Waals surface area contributed by atoms with Crippen LogP contribution in [-0.2, 0) is 11.3 Å². The summed E-state index contributed by atoms with van der Waals surface area (Å²) in [5.41, 5.74) is 2.84. The summed E-state index contributed by atoms with van der Waals surface area (Å²) in [4.78, 5) is 33.0. The number of carbonyl (C=O) groups is 2. The number of nitrogens with one attached hydrogen (secondary N) is 2. The second kappa shape index (κ2) is 7.88. The van der Waals surface area contributed by atoms with Crippen molar-refractivity contribution in [2.45, 2.75) is 20.4 Å². The summed E-state index contributed by atoms with van der Waals surface area (Å²) in [5, 5.41) is 6.34. The fourth-order valence-electron chi connectivity index (χ4n) is 2.39. The van der Waals surface area contributed by atoms with E-state index in [9.17, 15) is 9.59 Å². The lowest BCUT2D eigenvalue weighted by atomic mass is 10.2. The van der Waals surface area contributed by atoms with Gasteiger partial charge in [-0.05, 0) is 43.3 Å². The summed E-state index contributed by atoms with van der Waals surface area (Å²) < 4.78 is 0. The van der Waals surface area contributed by atoms with Gasteiger partial charge in [0.25, 0.3) is 5.91 Å². The quantitative estimate of drug-likeness (QED) is 0.725. The van der Waals surface area contributed by atoms with Crippen molar-refractivity contribution in [3.8, 4) is 10.6 Å². The molecule has 1 aromatic carbocycles. The largest absolute Gasteiger partial charge is 0.345 e. The molecular weight excluding hydrogens is 348 g/mol. The molecule has 132 valence electrons. The Morgan fingerprint density at radius 3 is 2.54 bits per heavy atom. The highest BCUT2D eigenvalue weighted by Crippen LogP contribution is 2.28. The zero-order valence-electron chi connectivity index (χ0n) is 14.4. The normalized spacial score (nSPS) is 10.4. The average molecular weight is 366 g/mol. The Kier molecular flexibility index (Phi) is 5.38. The van der Waals surface area contributed by atoms with Gasteiger partial charge in [0, 0.05) is 29.2 Å². The molecule has 0 aliphatic rings. The number of aromatic nitrogens is 2. The molecule has 3 rings (SSSR count). The maximum atomic E-state index is 12.4. The third-order valence-electron chi connectivity index (χ3n) is 3.62. The van der Waals surface area contributed by atoms with Crippen LogP contribution in [0.25, 0.3) is 10.6 Å².